The van der Waals surface area contributed by atoms with Gasteiger partial charge in [0.25, 0.3) is 0 Å². The molecule has 2 heteroatoms. The predicted molar refractivity (Wildman–Crippen MR) is 67.1 cm³/mol. The molecule has 0 saturated carbocycles. The zero-order valence-electron chi connectivity index (χ0n) is 9.30. The summed E-state index contributed by atoms with van der Waals surface area (Å²) in [6.07, 6.45) is 12.1. The second-order valence-corrected chi connectivity index (χ2v) is 3.70. The summed E-state index contributed by atoms with van der Waals surface area (Å²) in [5.74, 6) is -0.185. The second kappa shape index (κ2) is 5.21. The molecule has 0 aromatic heterocycles. The molecule has 0 bridgehead atoms. The van der Waals surface area contributed by atoms with E-state index in [1.165, 1.54) is 12.2 Å². The minimum atomic E-state index is -0.0924. The average Bonchev–Trinajstić information content (AvgIpc) is 2.93. The summed E-state index contributed by atoms with van der Waals surface area (Å²) >= 11 is 0. The zero-order chi connectivity index (χ0) is 12.1. The molecule has 0 atom stereocenters. The number of carbonyl (C=O) groups is 2. The maximum Gasteiger partial charge on any atom is 0.186 e. The standard InChI is InChI=1S/C10H6O2.C5H6/c11-9-5-6-10(12)8-4-2-1-3-7(8)9;1-2-4-5-3-1/h1-6H;1-4H,5H2. The summed E-state index contributed by atoms with van der Waals surface area (Å²) in [5.41, 5.74) is 1.01. The minimum Gasteiger partial charge on any atom is -0.289 e. The molecular formula is C15H12O2. The van der Waals surface area contributed by atoms with Crippen LogP contribution in [-0.2, 0) is 0 Å². The first-order valence-corrected chi connectivity index (χ1v) is 5.46. The van der Waals surface area contributed by atoms with Crippen LogP contribution in [-0.4, -0.2) is 11.6 Å². The van der Waals surface area contributed by atoms with Crippen molar-refractivity contribution in [2.24, 2.45) is 0 Å². The van der Waals surface area contributed by atoms with E-state index in [0.29, 0.717) is 11.1 Å². The average molecular weight is 224 g/mol. The lowest BCUT2D eigenvalue weighted by Crippen LogP contribution is -2.10. The summed E-state index contributed by atoms with van der Waals surface area (Å²) in [7, 11) is 0. The molecular weight excluding hydrogens is 212 g/mol. The van der Waals surface area contributed by atoms with Gasteiger partial charge in [0.1, 0.15) is 0 Å². The Morgan fingerprint density at radius 1 is 0.765 bits per heavy atom. The largest absolute Gasteiger partial charge is 0.289 e. The molecule has 2 nitrogen and oxygen atoms in total. The van der Waals surface area contributed by atoms with Crippen LogP contribution in [0, 0.1) is 0 Å². The molecule has 0 fully saturated rings. The van der Waals surface area contributed by atoms with E-state index in [0.717, 1.165) is 6.42 Å². The maximum atomic E-state index is 11.2. The van der Waals surface area contributed by atoms with Crippen molar-refractivity contribution in [3.63, 3.8) is 0 Å². The zero-order valence-corrected chi connectivity index (χ0v) is 9.30. The Morgan fingerprint density at radius 2 is 1.24 bits per heavy atom. The van der Waals surface area contributed by atoms with E-state index in [-0.39, 0.29) is 11.6 Å². The van der Waals surface area contributed by atoms with Crippen LogP contribution in [0.15, 0.2) is 60.7 Å². The highest BCUT2D eigenvalue weighted by molar-refractivity contribution is 6.21. The fraction of sp³-hybridized carbons (Fsp3) is 0.0667. The van der Waals surface area contributed by atoms with Gasteiger partial charge in [-0.05, 0) is 18.6 Å². The molecule has 1 aromatic carbocycles. The van der Waals surface area contributed by atoms with Gasteiger partial charge in [0.2, 0.25) is 0 Å². The van der Waals surface area contributed by atoms with Crippen molar-refractivity contribution in [3.8, 4) is 0 Å². The Morgan fingerprint density at radius 3 is 1.59 bits per heavy atom. The molecule has 0 unspecified atom stereocenters. The van der Waals surface area contributed by atoms with Gasteiger partial charge in [0.15, 0.2) is 11.6 Å². The summed E-state index contributed by atoms with van der Waals surface area (Å²) in [5, 5.41) is 0. The molecule has 1 aromatic rings. The number of carbonyl (C=O) groups excluding carboxylic acids is 2. The smallest absolute Gasteiger partial charge is 0.186 e. The highest BCUT2D eigenvalue weighted by Gasteiger charge is 2.16. The lowest BCUT2D eigenvalue weighted by Gasteiger charge is -2.06. The number of hydrogen-bond acceptors (Lipinski definition) is 2. The molecule has 84 valence electrons. The van der Waals surface area contributed by atoms with Crippen molar-refractivity contribution in [1.29, 1.82) is 0 Å². The predicted octanol–water partition coefficient (Wildman–Crippen LogP) is 3.12. The van der Waals surface area contributed by atoms with Crippen molar-refractivity contribution in [3.05, 3.63) is 71.8 Å². The lowest BCUT2D eigenvalue weighted by atomic mass is 9.95. The topological polar surface area (TPSA) is 34.1 Å². The van der Waals surface area contributed by atoms with Crippen LogP contribution < -0.4 is 0 Å². The van der Waals surface area contributed by atoms with Gasteiger partial charge in [-0.3, -0.25) is 9.59 Å². The van der Waals surface area contributed by atoms with Crippen LogP contribution in [0.25, 0.3) is 0 Å². The Kier molecular flexibility index (Phi) is 3.46. The summed E-state index contributed by atoms with van der Waals surface area (Å²) in [4.78, 5) is 22.4. The summed E-state index contributed by atoms with van der Waals surface area (Å²) in [6, 6.07) is 6.84. The number of fused-ring (bicyclic) bond motifs is 1. The molecule has 0 N–H and O–H groups in total. The normalized spacial score (nSPS) is 15.5. The first-order valence-electron chi connectivity index (χ1n) is 5.46. The Bertz CT molecular complexity index is 487. The van der Waals surface area contributed by atoms with E-state index in [1.807, 2.05) is 0 Å². The van der Waals surface area contributed by atoms with Crippen molar-refractivity contribution < 1.29 is 9.59 Å². The van der Waals surface area contributed by atoms with E-state index in [1.54, 1.807) is 24.3 Å². The monoisotopic (exact) mass is 224 g/mol. The van der Waals surface area contributed by atoms with E-state index in [9.17, 15) is 9.59 Å². The number of ketones is 2. The van der Waals surface area contributed by atoms with Crippen LogP contribution >= 0.6 is 0 Å². The molecule has 3 rings (SSSR count). The highest BCUT2D eigenvalue weighted by Crippen LogP contribution is 2.15. The van der Waals surface area contributed by atoms with Crippen LogP contribution in [0.5, 0.6) is 0 Å². The molecule has 17 heavy (non-hydrogen) atoms. The highest BCUT2D eigenvalue weighted by atomic mass is 16.1. The molecule has 0 heterocycles. The fourth-order valence-electron chi connectivity index (χ4n) is 1.64. The number of hydrogen-bond donors (Lipinski definition) is 0. The maximum absolute atomic E-state index is 11.2. The van der Waals surface area contributed by atoms with Crippen LogP contribution in [0.3, 0.4) is 0 Å². The SMILES string of the molecule is C1=CCC=C1.O=C1C=CC(=O)c2ccccc21. The fourth-order valence-corrected chi connectivity index (χ4v) is 1.64. The minimum absolute atomic E-state index is 0.0924. The van der Waals surface area contributed by atoms with Gasteiger partial charge >= 0.3 is 0 Å². The molecule has 0 aliphatic heterocycles. The van der Waals surface area contributed by atoms with Gasteiger partial charge in [0, 0.05) is 11.1 Å². The van der Waals surface area contributed by atoms with Gasteiger partial charge in [-0.15, -0.1) is 0 Å². The first kappa shape index (κ1) is 11.3. The van der Waals surface area contributed by atoms with E-state index in [4.69, 9.17) is 0 Å². The second-order valence-electron chi connectivity index (χ2n) is 3.70. The molecule has 0 saturated heterocycles. The van der Waals surface area contributed by atoms with E-state index in [2.05, 4.69) is 24.3 Å². The van der Waals surface area contributed by atoms with Crippen molar-refractivity contribution in [1.82, 2.24) is 0 Å². The van der Waals surface area contributed by atoms with E-state index < -0.39 is 0 Å². The van der Waals surface area contributed by atoms with Crippen molar-refractivity contribution >= 4 is 11.6 Å². The van der Waals surface area contributed by atoms with E-state index >= 15 is 0 Å². The first-order chi connectivity index (χ1) is 8.29. The van der Waals surface area contributed by atoms with Gasteiger partial charge in [-0.2, -0.15) is 0 Å². The third-order valence-electron chi connectivity index (χ3n) is 2.50. The third-order valence-corrected chi connectivity index (χ3v) is 2.50. The molecule has 2 aliphatic rings. The molecule has 0 radical (unpaired) electrons. The molecule has 0 spiro atoms. The van der Waals surface area contributed by atoms with Crippen LogP contribution in [0.4, 0.5) is 0 Å². The van der Waals surface area contributed by atoms with Crippen molar-refractivity contribution in [2.45, 2.75) is 6.42 Å². The molecule has 2 aliphatic carbocycles. The van der Waals surface area contributed by atoms with Gasteiger partial charge in [0.05, 0.1) is 0 Å². The van der Waals surface area contributed by atoms with Crippen LogP contribution in [0.1, 0.15) is 27.1 Å². The van der Waals surface area contributed by atoms with Crippen LogP contribution in [0.2, 0.25) is 0 Å². The third kappa shape index (κ3) is 2.67. The number of benzene rings is 1. The van der Waals surface area contributed by atoms with Crippen molar-refractivity contribution in [2.75, 3.05) is 0 Å². The molecule has 0 amide bonds. The quantitative estimate of drug-likeness (QED) is 0.678. The van der Waals surface area contributed by atoms with Gasteiger partial charge < -0.3 is 0 Å². The Labute approximate surface area is 100.0 Å². The van der Waals surface area contributed by atoms with Gasteiger partial charge in [-0.25, -0.2) is 0 Å². The van der Waals surface area contributed by atoms with Gasteiger partial charge in [-0.1, -0.05) is 48.6 Å². The lowest BCUT2D eigenvalue weighted by molar-refractivity contribution is 0.0994. The Balaban J connectivity index is 0.000000181. The summed E-state index contributed by atoms with van der Waals surface area (Å²) < 4.78 is 0. The number of rotatable bonds is 0. The summed E-state index contributed by atoms with van der Waals surface area (Å²) in [6.45, 7) is 0. The number of allylic oxidation sites excluding steroid dienone is 6. The Hall–Kier alpha value is -2.22.